The van der Waals surface area contributed by atoms with E-state index in [0.717, 1.165) is 23.1 Å². The maximum absolute atomic E-state index is 14.4. The lowest BCUT2D eigenvalue weighted by Gasteiger charge is -2.33. The van der Waals surface area contributed by atoms with Gasteiger partial charge in [-0.05, 0) is 61.6 Å². The standard InChI is InChI=1S/C31H37N5O4/c1-20(2)16-17-32-31(38)29(23-10-9-13-27(39-5)30(23)40-6)36(26-18-21(3)14-15-22(26)4)28(37)19-35-25-12-8-7-11-24(25)33-34-35/h7-15,18,20,29H,16-17,19H2,1-6H3,(H,32,38)/t29-/m0/s1. The highest BCUT2D eigenvalue weighted by Crippen LogP contribution is 2.40. The minimum Gasteiger partial charge on any atom is -0.493 e. The number of ether oxygens (including phenoxy) is 2. The molecular formula is C31H37N5O4. The lowest BCUT2D eigenvalue weighted by molar-refractivity contribution is -0.127. The van der Waals surface area contributed by atoms with Crippen molar-refractivity contribution >= 4 is 28.5 Å². The van der Waals surface area contributed by atoms with Crippen LogP contribution >= 0.6 is 0 Å². The summed E-state index contributed by atoms with van der Waals surface area (Å²) in [6.45, 7) is 8.45. The third-order valence-electron chi connectivity index (χ3n) is 6.85. The largest absolute Gasteiger partial charge is 0.493 e. The quantitative estimate of drug-likeness (QED) is 0.286. The Kier molecular flexibility index (Phi) is 9.04. The normalized spacial score (nSPS) is 11.9. The van der Waals surface area contributed by atoms with E-state index in [-0.39, 0.29) is 18.4 Å². The van der Waals surface area contributed by atoms with E-state index in [0.29, 0.717) is 40.7 Å². The monoisotopic (exact) mass is 543 g/mol. The molecule has 0 saturated heterocycles. The predicted molar refractivity (Wildman–Crippen MR) is 156 cm³/mol. The number of nitrogens with zero attached hydrogens (tertiary/aromatic N) is 4. The minimum absolute atomic E-state index is 0.115. The Morgan fingerprint density at radius 1 is 1.00 bits per heavy atom. The van der Waals surface area contributed by atoms with E-state index < -0.39 is 6.04 Å². The van der Waals surface area contributed by atoms with Gasteiger partial charge in [0.1, 0.15) is 18.1 Å². The van der Waals surface area contributed by atoms with E-state index in [1.807, 2.05) is 56.3 Å². The molecule has 4 rings (SSSR count). The first-order valence-electron chi connectivity index (χ1n) is 13.4. The van der Waals surface area contributed by atoms with Gasteiger partial charge in [0.2, 0.25) is 11.8 Å². The first-order chi connectivity index (χ1) is 19.2. The SMILES string of the molecule is COc1cccc([C@@H](C(=O)NCCC(C)C)N(C(=O)Cn2nnc3ccccc32)c2cc(C)ccc2C)c1OC. The molecule has 0 bridgehead atoms. The molecule has 9 nitrogen and oxygen atoms in total. The molecule has 0 spiro atoms. The van der Waals surface area contributed by atoms with E-state index >= 15 is 0 Å². The van der Waals surface area contributed by atoms with Crippen molar-refractivity contribution in [2.45, 2.75) is 46.7 Å². The summed E-state index contributed by atoms with van der Waals surface area (Å²) in [5.74, 6) is 0.629. The van der Waals surface area contributed by atoms with Gasteiger partial charge in [0.15, 0.2) is 11.5 Å². The fraction of sp³-hybridized carbons (Fsp3) is 0.355. The van der Waals surface area contributed by atoms with Crippen molar-refractivity contribution < 1.29 is 19.1 Å². The van der Waals surface area contributed by atoms with Gasteiger partial charge >= 0.3 is 0 Å². The van der Waals surface area contributed by atoms with Gasteiger partial charge in [-0.25, -0.2) is 4.68 Å². The number of anilines is 1. The van der Waals surface area contributed by atoms with Crippen molar-refractivity contribution in [2.24, 2.45) is 5.92 Å². The van der Waals surface area contributed by atoms with Gasteiger partial charge in [0, 0.05) is 17.8 Å². The summed E-state index contributed by atoms with van der Waals surface area (Å²) < 4.78 is 12.9. The second-order valence-corrected chi connectivity index (χ2v) is 10.2. The summed E-state index contributed by atoms with van der Waals surface area (Å²) in [6, 6.07) is 17.6. The molecule has 0 unspecified atom stereocenters. The molecule has 210 valence electrons. The van der Waals surface area contributed by atoms with Crippen LogP contribution in [0.2, 0.25) is 0 Å². The summed E-state index contributed by atoms with van der Waals surface area (Å²) in [4.78, 5) is 30.0. The van der Waals surface area contributed by atoms with Gasteiger partial charge < -0.3 is 14.8 Å². The van der Waals surface area contributed by atoms with Gasteiger partial charge in [-0.1, -0.05) is 55.5 Å². The molecule has 9 heteroatoms. The third kappa shape index (κ3) is 6.09. The van der Waals surface area contributed by atoms with Gasteiger partial charge in [-0.3, -0.25) is 14.5 Å². The molecule has 40 heavy (non-hydrogen) atoms. The van der Waals surface area contributed by atoms with Crippen LogP contribution in [-0.2, 0) is 16.1 Å². The molecule has 1 heterocycles. The highest BCUT2D eigenvalue weighted by atomic mass is 16.5. The lowest BCUT2D eigenvalue weighted by atomic mass is 9.99. The predicted octanol–water partition coefficient (Wildman–Crippen LogP) is 5.00. The topological polar surface area (TPSA) is 98.6 Å². The van der Waals surface area contributed by atoms with Crippen molar-refractivity contribution in [3.05, 3.63) is 77.4 Å². The van der Waals surface area contributed by atoms with Crippen molar-refractivity contribution in [3.8, 4) is 11.5 Å². The van der Waals surface area contributed by atoms with Gasteiger partial charge in [-0.2, -0.15) is 0 Å². The smallest absolute Gasteiger partial charge is 0.249 e. The Morgan fingerprint density at radius 3 is 2.50 bits per heavy atom. The number of rotatable bonds is 11. The average Bonchev–Trinajstić information content (AvgIpc) is 3.34. The second-order valence-electron chi connectivity index (χ2n) is 10.2. The van der Waals surface area contributed by atoms with Crippen LogP contribution in [0, 0.1) is 19.8 Å². The highest BCUT2D eigenvalue weighted by molar-refractivity contribution is 6.02. The Bertz CT molecular complexity index is 1500. The van der Waals surface area contributed by atoms with Crippen LogP contribution in [0.15, 0.2) is 60.7 Å². The highest BCUT2D eigenvalue weighted by Gasteiger charge is 2.36. The van der Waals surface area contributed by atoms with Crippen LogP contribution in [0.3, 0.4) is 0 Å². The average molecular weight is 544 g/mol. The van der Waals surface area contributed by atoms with E-state index in [1.54, 1.807) is 34.9 Å². The van der Waals surface area contributed by atoms with E-state index in [1.165, 1.54) is 7.11 Å². The molecule has 0 aliphatic carbocycles. The Hall–Kier alpha value is -4.40. The molecule has 0 saturated carbocycles. The summed E-state index contributed by atoms with van der Waals surface area (Å²) in [5.41, 5.74) is 4.37. The number of aromatic nitrogens is 3. The number of methoxy groups -OCH3 is 2. The number of hydrogen-bond donors (Lipinski definition) is 1. The molecule has 1 aromatic heterocycles. The third-order valence-corrected chi connectivity index (χ3v) is 6.85. The van der Waals surface area contributed by atoms with E-state index in [4.69, 9.17) is 9.47 Å². The number of para-hydroxylation sites is 2. The number of carbonyl (C=O) groups is 2. The molecule has 2 amide bonds. The Balaban J connectivity index is 1.89. The molecule has 0 aliphatic rings. The summed E-state index contributed by atoms with van der Waals surface area (Å²) in [5, 5.41) is 11.5. The van der Waals surface area contributed by atoms with Crippen LogP contribution in [0.4, 0.5) is 5.69 Å². The maximum Gasteiger partial charge on any atom is 0.249 e. The van der Waals surface area contributed by atoms with Gasteiger partial charge in [0.25, 0.3) is 0 Å². The zero-order chi connectivity index (χ0) is 28.8. The molecule has 0 fully saturated rings. The number of aryl methyl sites for hydroxylation is 2. The molecule has 4 aromatic rings. The van der Waals surface area contributed by atoms with Crippen LogP contribution < -0.4 is 19.7 Å². The van der Waals surface area contributed by atoms with E-state index in [2.05, 4.69) is 29.5 Å². The number of nitrogens with one attached hydrogen (secondary N) is 1. The summed E-state index contributed by atoms with van der Waals surface area (Å²) >= 11 is 0. The molecule has 0 radical (unpaired) electrons. The Morgan fingerprint density at radius 2 is 1.77 bits per heavy atom. The summed E-state index contributed by atoms with van der Waals surface area (Å²) in [7, 11) is 3.07. The molecular weight excluding hydrogens is 506 g/mol. The van der Waals surface area contributed by atoms with Crippen LogP contribution in [0.1, 0.15) is 43.0 Å². The first-order valence-corrected chi connectivity index (χ1v) is 13.4. The van der Waals surface area contributed by atoms with Crippen molar-refractivity contribution in [3.63, 3.8) is 0 Å². The maximum atomic E-state index is 14.4. The fourth-order valence-electron chi connectivity index (χ4n) is 4.74. The number of fused-ring (bicyclic) bond motifs is 1. The molecule has 3 aromatic carbocycles. The van der Waals surface area contributed by atoms with Crippen LogP contribution in [-0.4, -0.2) is 47.6 Å². The van der Waals surface area contributed by atoms with E-state index in [9.17, 15) is 9.59 Å². The summed E-state index contributed by atoms with van der Waals surface area (Å²) in [6.07, 6.45) is 0.802. The first kappa shape index (κ1) is 28.6. The number of amides is 2. The van der Waals surface area contributed by atoms with Crippen molar-refractivity contribution in [1.82, 2.24) is 20.3 Å². The molecule has 1 N–H and O–H groups in total. The second kappa shape index (κ2) is 12.6. The molecule has 0 aliphatic heterocycles. The lowest BCUT2D eigenvalue weighted by Crippen LogP contribution is -2.46. The van der Waals surface area contributed by atoms with Crippen LogP contribution in [0.25, 0.3) is 11.0 Å². The zero-order valence-corrected chi connectivity index (χ0v) is 24.0. The number of benzene rings is 3. The van der Waals surface area contributed by atoms with Crippen LogP contribution in [0.5, 0.6) is 11.5 Å². The zero-order valence-electron chi connectivity index (χ0n) is 24.0. The van der Waals surface area contributed by atoms with Gasteiger partial charge in [-0.15, -0.1) is 5.10 Å². The van der Waals surface area contributed by atoms with Crippen molar-refractivity contribution in [1.29, 1.82) is 0 Å². The number of carbonyl (C=O) groups excluding carboxylic acids is 2. The minimum atomic E-state index is -1.04. The fourth-order valence-corrected chi connectivity index (χ4v) is 4.74. The molecule has 1 atom stereocenters. The van der Waals surface area contributed by atoms with Gasteiger partial charge in [0.05, 0.1) is 19.7 Å². The number of hydrogen-bond acceptors (Lipinski definition) is 6. The van der Waals surface area contributed by atoms with Crippen molar-refractivity contribution in [2.75, 3.05) is 25.7 Å². The Labute approximate surface area is 235 Å².